The summed E-state index contributed by atoms with van der Waals surface area (Å²) in [6.07, 6.45) is 0. The first-order valence-electron chi connectivity index (χ1n) is 12.1. The van der Waals surface area contributed by atoms with Crippen LogP contribution in [0.5, 0.6) is 0 Å². The fourth-order valence-electron chi connectivity index (χ4n) is 4.86. The number of para-hydroxylation sites is 2. The molecule has 2 heterocycles. The van der Waals surface area contributed by atoms with E-state index < -0.39 is 0 Å². The zero-order valence-corrected chi connectivity index (χ0v) is 19.4. The monoisotopic (exact) mass is 458 g/mol. The van der Waals surface area contributed by atoms with Gasteiger partial charge in [0.1, 0.15) is 5.82 Å². The van der Waals surface area contributed by atoms with Crippen molar-refractivity contribution in [2.75, 3.05) is 62.2 Å². The first-order valence-corrected chi connectivity index (χ1v) is 12.1. The van der Waals surface area contributed by atoms with Crippen molar-refractivity contribution in [2.45, 2.75) is 6.54 Å². The van der Waals surface area contributed by atoms with Gasteiger partial charge in [0.15, 0.2) is 0 Å². The average Bonchev–Trinajstić information content (AvgIpc) is 2.90. The number of carbonyl (C=O) groups is 1. The number of rotatable bonds is 5. The van der Waals surface area contributed by atoms with Gasteiger partial charge in [0, 0.05) is 70.2 Å². The van der Waals surface area contributed by atoms with Crippen LogP contribution in [0.3, 0.4) is 0 Å². The van der Waals surface area contributed by atoms with Crippen LogP contribution in [0.25, 0.3) is 0 Å². The molecule has 0 N–H and O–H groups in total. The maximum absolute atomic E-state index is 14.1. The molecule has 0 radical (unpaired) electrons. The van der Waals surface area contributed by atoms with Crippen molar-refractivity contribution in [3.8, 4) is 0 Å². The van der Waals surface area contributed by atoms with Crippen LogP contribution in [0.1, 0.15) is 15.9 Å². The summed E-state index contributed by atoms with van der Waals surface area (Å²) in [5.41, 5.74) is 3.86. The van der Waals surface area contributed by atoms with Crippen LogP contribution in [-0.4, -0.2) is 68.1 Å². The minimum Gasteiger partial charge on any atom is -0.369 e. The highest BCUT2D eigenvalue weighted by molar-refractivity contribution is 5.94. The molecule has 0 aromatic heterocycles. The van der Waals surface area contributed by atoms with Gasteiger partial charge in [0.05, 0.1) is 5.69 Å². The zero-order valence-electron chi connectivity index (χ0n) is 19.4. The molecule has 176 valence electrons. The highest BCUT2D eigenvalue weighted by atomic mass is 19.1. The number of anilines is 2. The van der Waals surface area contributed by atoms with Gasteiger partial charge in [0.25, 0.3) is 5.91 Å². The predicted molar refractivity (Wildman–Crippen MR) is 135 cm³/mol. The summed E-state index contributed by atoms with van der Waals surface area (Å²) in [7, 11) is 0. The molecule has 3 aromatic rings. The summed E-state index contributed by atoms with van der Waals surface area (Å²) >= 11 is 0. The third-order valence-electron chi connectivity index (χ3n) is 6.86. The van der Waals surface area contributed by atoms with Gasteiger partial charge in [0.2, 0.25) is 0 Å². The molecule has 3 aromatic carbocycles. The standard InChI is InChI=1S/C28H31FN4O/c29-26-8-4-5-9-27(26)32-18-20-33(21-19-32)28(34)24-12-10-23(11-13-24)22-30-14-16-31(17-15-30)25-6-2-1-3-7-25/h1-13H,14-22H2. The summed E-state index contributed by atoms with van der Waals surface area (Å²) in [6, 6.07) is 25.5. The molecule has 1 amide bonds. The SMILES string of the molecule is O=C(c1ccc(CN2CCN(c3ccccc3)CC2)cc1)N1CCN(c2ccccc2F)CC1. The van der Waals surface area contributed by atoms with E-state index in [-0.39, 0.29) is 11.7 Å². The minimum atomic E-state index is -0.209. The number of hydrogen-bond donors (Lipinski definition) is 0. The lowest BCUT2D eigenvalue weighted by Gasteiger charge is -2.36. The topological polar surface area (TPSA) is 30.0 Å². The Morgan fingerprint density at radius 3 is 1.97 bits per heavy atom. The lowest BCUT2D eigenvalue weighted by molar-refractivity contribution is 0.0746. The van der Waals surface area contributed by atoms with Gasteiger partial charge in [-0.25, -0.2) is 4.39 Å². The Balaban J connectivity index is 1.11. The minimum absolute atomic E-state index is 0.0520. The lowest BCUT2D eigenvalue weighted by Crippen LogP contribution is -2.49. The van der Waals surface area contributed by atoms with Crippen molar-refractivity contribution in [3.63, 3.8) is 0 Å². The summed E-state index contributed by atoms with van der Waals surface area (Å²) in [4.78, 5) is 21.8. The zero-order chi connectivity index (χ0) is 23.3. The molecule has 0 aliphatic carbocycles. The molecule has 2 aliphatic rings. The fraction of sp³-hybridized carbons (Fsp3) is 0.321. The van der Waals surface area contributed by atoms with Crippen molar-refractivity contribution in [1.29, 1.82) is 0 Å². The van der Waals surface area contributed by atoms with Crippen LogP contribution < -0.4 is 9.80 Å². The van der Waals surface area contributed by atoms with E-state index in [9.17, 15) is 9.18 Å². The number of amides is 1. The summed E-state index contributed by atoms with van der Waals surface area (Å²) in [5.74, 6) is -0.157. The van der Waals surface area contributed by atoms with Gasteiger partial charge < -0.3 is 14.7 Å². The molecule has 2 aliphatic heterocycles. The Morgan fingerprint density at radius 1 is 0.676 bits per heavy atom. The quantitative estimate of drug-likeness (QED) is 0.576. The molecule has 5 rings (SSSR count). The van der Waals surface area contributed by atoms with Crippen molar-refractivity contribution in [2.24, 2.45) is 0 Å². The van der Waals surface area contributed by atoms with Crippen LogP contribution >= 0.6 is 0 Å². The molecule has 2 fully saturated rings. The maximum Gasteiger partial charge on any atom is 0.253 e. The Kier molecular flexibility index (Phi) is 6.77. The maximum atomic E-state index is 14.1. The van der Waals surface area contributed by atoms with Crippen molar-refractivity contribution in [3.05, 3.63) is 95.8 Å². The van der Waals surface area contributed by atoms with Gasteiger partial charge in [-0.1, -0.05) is 42.5 Å². The first-order chi connectivity index (χ1) is 16.7. The van der Waals surface area contributed by atoms with E-state index in [2.05, 4.69) is 52.3 Å². The summed E-state index contributed by atoms with van der Waals surface area (Å²) in [6.45, 7) is 7.49. The third kappa shape index (κ3) is 5.07. The molecule has 0 saturated carbocycles. The van der Waals surface area contributed by atoms with E-state index in [0.29, 0.717) is 31.9 Å². The van der Waals surface area contributed by atoms with Crippen LogP contribution in [-0.2, 0) is 6.54 Å². The molecule has 34 heavy (non-hydrogen) atoms. The highest BCUT2D eigenvalue weighted by Crippen LogP contribution is 2.21. The summed E-state index contributed by atoms with van der Waals surface area (Å²) < 4.78 is 14.1. The molecular formula is C28H31FN4O. The Hall–Kier alpha value is -3.38. The lowest BCUT2D eigenvalue weighted by atomic mass is 10.1. The molecule has 5 nitrogen and oxygen atoms in total. The van der Waals surface area contributed by atoms with Crippen LogP contribution in [0.15, 0.2) is 78.9 Å². The van der Waals surface area contributed by atoms with Crippen molar-refractivity contribution >= 4 is 17.3 Å². The molecule has 2 saturated heterocycles. The number of piperazine rings is 2. The molecule has 0 unspecified atom stereocenters. The average molecular weight is 459 g/mol. The third-order valence-corrected chi connectivity index (χ3v) is 6.86. The highest BCUT2D eigenvalue weighted by Gasteiger charge is 2.24. The number of benzene rings is 3. The van der Waals surface area contributed by atoms with Gasteiger partial charge in [-0.3, -0.25) is 9.69 Å². The predicted octanol–water partition coefficient (Wildman–Crippen LogP) is 4.11. The molecular weight excluding hydrogens is 427 g/mol. The van der Waals surface area contributed by atoms with E-state index in [1.165, 1.54) is 17.3 Å². The van der Waals surface area contributed by atoms with Crippen LogP contribution in [0, 0.1) is 5.82 Å². The van der Waals surface area contributed by atoms with Crippen LogP contribution in [0.4, 0.5) is 15.8 Å². The number of nitrogens with zero attached hydrogens (tertiary/aromatic N) is 4. The van der Waals surface area contributed by atoms with Crippen molar-refractivity contribution in [1.82, 2.24) is 9.80 Å². The van der Waals surface area contributed by atoms with E-state index in [4.69, 9.17) is 0 Å². The number of carbonyl (C=O) groups excluding carboxylic acids is 1. The Morgan fingerprint density at radius 2 is 1.29 bits per heavy atom. The summed E-state index contributed by atoms with van der Waals surface area (Å²) in [5, 5.41) is 0. The largest absolute Gasteiger partial charge is 0.369 e. The number of halogens is 1. The molecule has 6 heteroatoms. The van der Waals surface area contributed by atoms with Gasteiger partial charge in [-0.15, -0.1) is 0 Å². The second-order valence-corrected chi connectivity index (χ2v) is 9.03. The molecule has 0 spiro atoms. The smallest absolute Gasteiger partial charge is 0.253 e. The first kappa shape index (κ1) is 22.4. The van der Waals surface area contributed by atoms with Crippen molar-refractivity contribution < 1.29 is 9.18 Å². The van der Waals surface area contributed by atoms with Crippen LogP contribution in [0.2, 0.25) is 0 Å². The fourth-order valence-corrected chi connectivity index (χ4v) is 4.86. The van der Waals surface area contributed by atoms with E-state index >= 15 is 0 Å². The van der Waals surface area contributed by atoms with E-state index in [0.717, 1.165) is 38.3 Å². The molecule has 0 atom stereocenters. The van der Waals surface area contributed by atoms with E-state index in [1.54, 1.807) is 12.1 Å². The van der Waals surface area contributed by atoms with Gasteiger partial charge in [-0.2, -0.15) is 0 Å². The molecule has 0 bridgehead atoms. The normalized spacial score (nSPS) is 17.1. The number of hydrogen-bond acceptors (Lipinski definition) is 4. The second-order valence-electron chi connectivity index (χ2n) is 9.03. The van der Waals surface area contributed by atoms with Gasteiger partial charge in [-0.05, 0) is 42.0 Å². The van der Waals surface area contributed by atoms with Gasteiger partial charge >= 0.3 is 0 Å². The Bertz CT molecular complexity index is 1090. The Labute approximate surface area is 201 Å². The van der Waals surface area contributed by atoms with E-state index in [1.807, 2.05) is 28.0 Å². The second kappa shape index (κ2) is 10.3.